The van der Waals surface area contributed by atoms with Gasteiger partial charge in [-0.25, -0.2) is 4.99 Å². The maximum Gasteiger partial charge on any atom is 0.194 e. The Bertz CT molecular complexity index is 587. The van der Waals surface area contributed by atoms with Crippen LogP contribution in [0.15, 0.2) is 29.3 Å². The van der Waals surface area contributed by atoms with E-state index in [1.54, 1.807) is 7.11 Å². The highest BCUT2D eigenvalue weighted by Gasteiger charge is 2.32. The normalized spacial score (nSPS) is 24.1. The highest BCUT2D eigenvalue weighted by molar-refractivity contribution is 5.80. The molecule has 0 bridgehead atoms. The van der Waals surface area contributed by atoms with Crippen LogP contribution in [-0.2, 0) is 27.4 Å². The Morgan fingerprint density at radius 1 is 1.27 bits per heavy atom. The number of morpholine rings is 1. The molecule has 2 fully saturated rings. The Morgan fingerprint density at radius 2 is 2.12 bits per heavy atom. The predicted octanol–water partition coefficient (Wildman–Crippen LogP) is 2.18. The number of nitrogens with zero attached hydrogens (tertiary/aromatic N) is 2. The number of hydrogen-bond acceptors (Lipinski definition) is 4. The van der Waals surface area contributed by atoms with E-state index >= 15 is 0 Å². The van der Waals surface area contributed by atoms with Crippen LogP contribution in [0.5, 0.6) is 0 Å². The molecule has 26 heavy (non-hydrogen) atoms. The van der Waals surface area contributed by atoms with Gasteiger partial charge in [0, 0.05) is 33.4 Å². The van der Waals surface area contributed by atoms with Gasteiger partial charge in [0.2, 0.25) is 0 Å². The Hall–Kier alpha value is -1.63. The van der Waals surface area contributed by atoms with Crippen molar-refractivity contribution >= 4 is 5.96 Å². The number of ether oxygens (including phenoxy) is 3. The van der Waals surface area contributed by atoms with Crippen molar-refractivity contribution in [2.24, 2.45) is 4.99 Å². The van der Waals surface area contributed by atoms with E-state index < -0.39 is 0 Å². The third-order valence-corrected chi connectivity index (χ3v) is 4.82. The van der Waals surface area contributed by atoms with Gasteiger partial charge in [-0.15, -0.1) is 0 Å². The van der Waals surface area contributed by atoms with Crippen molar-refractivity contribution in [2.75, 3.05) is 40.0 Å². The number of aliphatic imine (C=N–C) groups is 1. The Labute approximate surface area is 156 Å². The Balaban J connectivity index is 1.65. The average Bonchev–Trinajstić information content (AvgIpc) is 3.21. The molecule has 0 saturated carbocycles. The van der Waals surface area contributed by atoms with Gasteiger partial charge in [-0.3, -0.25) is 0 Å². The molecule has 3 rings (SSSR count). The van der Waals surface area contributed by atoms with Gasteiger partial charge < -0.3 is 24.4 Å². The zero-order valence-electron chi connectivity index (χ0n) is 15.9. The molecule has 1 N–H and O–H groups in total. The predicted molar refractivity (Wildman–Crippen MR) is 102 cm³/mol. The monoisotopic (exact) mass is 361 g/mol. The maximum absolute atomic E-state index is 5.96. The summed E-state index contributed by atoms with van der Waals surface area (Å²) in [4.78, 5) is 7.17. The van der Waals surface area contributed by atoms with E-state index in [1.807, 2.05) is 0 Å². The van der Waals surface area contributed by atoms with Crippen LogP contribution in [0.2, 0.25) is 0 Å². The summed E-state index contributed by atoms with van der Waals surface area (Å²) >= 11 is 0. The van der Waals surface area contributed by atoms with Gasteiger partial charge >= 0.3 is 0 Å². The molecule has 2 aliphatic heterocycles. The summed E-state index contributed by atoms with van der Waals surface area (Å²) in [5.41, 5.74) is 2.37. The molecule has 2 saturated heterocycles. The van der Waals surface area contributed by atoms with E-state index in [9.17, 15) is 0 Å². The van der Waals surface area contributed by atoms with Gasteiger partial charge in [0.25, 0.3) is 0 Å². The molecule has 2 heterocycles. The van der Waals surface area contributed by atoms with E-state index in [1.165, 1.54) is 11.1 Å². The van der Waals surface area contributed by atoms with E-state index in [0.717, 1.165) is 51.6 Å². The third-order valence-electron chi connectivity index (χ3n) is 4.82. The van der Waals surface area contributed by atoms with Crippen LogP contribution in [0, 0.1) is 0 Å². The molecule has 6 nitrogen and oxygen atoms in total. The van der Waals surface area contributed by atoms with E-state index in [0.29, 0.717) is 13.2 Å². The quantitative estimate of drug-likeness (QED) is 0.622. The second-order valence-electron chi connectivity index (χ2n) is 6.83. The molecule has 0 radical (unpaired) electrons. The minimum Gasteiger partial charge on any atom is -0.380 e. The Kier molecular flexibility index (Phi) is 7.29. The van der Waals surface area contributed by atoms with Crippen molar-refractivity contribution in [1.82, 2.24) is 10.2 Å². The van der Waals surface area contributed by atoms with Crippen molar-refractivity contribution in [3.8, 4) is 0 Å². The Morgan fingerprint density at radius 3 is 2.88 bits per heavy atom. The fourth-order valence-corrected chi connectivity index (χ4v) is 3.56. The van der Waals surface area contributed by atoms with Gasteiger partial charge in [-0.1, -0.05) is 24.3 Å². The molecular weight excluding hydrogens is 330 g/mol. The van der Waals surface area contributed by atoms with Gasteiger partial charge in [-0.2, -0.15) is 0 Å². The first-order chi connectivity index (χ1) is 12.8. The summed E-state index contributed by atoms with van der Waals surface area (Å²) in [7, 11) is 1.72. The first-order valence-electron chi connectivity index (χ1n) is 9.63. The number of hydrogen-bond donors (Lipinski definition) is 1. The van der Waals surface area contributed by atoms with Crippen LogP contribution in [0.4, 0.5) is 0 Å². The second kappa shape index (κ2) is 9.90. The molecule has 144 valence electrons. The average molecular weight is 361 g/mol. The van der Waals surface area contributed by atoms with E-state index in [-0.39, 0.29) is 12.2 Å². The second-order valence-corrected chi connectivity index (χ2v) is 6.83. The standard InChI is InChI=1S/C20H31N3O3/c1-3-21-20(22-13-16-6-4-7-17(12-16)15-24-2)23-9-11-26-19(14-23)18-8-5-10-25-18/h4,6-7,12,18-19H,3,5,8-11,13-15H2,1-2H3,(H,21,22). The molecular formula is C20H31N3O3. The molecule has 0 amide bonds. The van der Waals surface area contributed by atoms with Crippen molar-refractivity contribution in [1.29, 1.82) is 0 Å². The summed E-state index contributed by atoms with van der Waals surface area (Å²) in [5, 5.41) is 3.43. The minimum absolute atomic E-state index is 0.139. The third kappa shape index (κ3) is 5.19. The van der Waals surface area contributed by atoms with Gasteiger partial charge in [0.15, 0.2) is 5.96 Å². The molecule has 1 aromatic rings. The van der Waals surface area contributed by atoms with Crippen LogP contribution < -0.4 is 5.32 Å². The van der Waals surface area contributed by atoms with Crippen LogP contribution in [0.3, 0.4) is 0 Å². The van der Waals surface area contributed by atoms with Crippen molar-refractivity contribution in [2.45, 2.75) is 45.1 Å². The van der Waals surface area contributed by atoms with Crippen molar-refractivity contribution < 1.29 is 14.2 Å². The molecule has 1 aromatic carbocycles. The lowest BCUT2D eigenvalue weighted by Crippen LogP contribution is -2.53. The fraction of sp³-hybridized carbons (Fsp3) is 0.650. The molecule has 0 spiro atoms. The summed E-state index contributed by atoms with van der Waals surface area (Å²) in [6.07, 6.45) is 2.60. The van der Waals surface area contributed by atoms with Gasteiger partial charge in [-0.05, 0) is 30.9 Å². The number of nitrogens with one attached hydrogen (secondary N) is 1. The largest absolute Gasteiger partial charge is 0.380 e. The highest BCUT2D eigenvalue weighted by Crippen LogP contribution is 2.21. The summed E-state index contributed by atoms with van der Waals surface area (Å²) in [6.45, 7) is 7.51. The molecule has 2 aliphatic rings. The van der Waals surface area contributed by atoms with Gasteiger partial charge in [0.1, 0.15) is 6.10 Å². The highest BCUT2D eigenvalue weighted by atomic mass is 16.5. The lowest BCUT2D eigenvalue weighted by Gasteiger charge is -2.37. The van der Waals surface area contributed by atoms with Crippen LogP contribution >= 0.6 is 0 Å². The molecule has 2 unspecified atom stereocenters. The number of rotatable bonds is 6. The van der Waals surface area contributed by atoms with Crippen molar-refractivity contribution in [3.63, 3.8) is 0 Å². The topological polar surface area (TPSA) is 55.3 Å². The minimum atomic E-state index is 0.139. The molecule has 6 heteroatoms. The number of benzene rings is 1. The smallest absolute Gasteiger partial charge is 0.194 e. The molecule has 0 aromatic heterocycles. The first kappa shape index (κ1) is 19.1. The zero-order valence-corrected chi connectivity index (χ0v) is 15.9. The van der Waals surface area contributed by atoms with Gasteiger partial charge in [0.05, 0.1) is 25.9 Å². The molecule has 0 aliphatic carbocycles. The zero-order chi connectivity index (χ0) is 18.2. The van der Waals surface area contributed by atoms with Crippen LogP contribution in [0.25, 0.3) is 0 Å². The van der Waals surface area contributed by atoms with Crippen LogP contribution in [0.1, 0.15) is 30.9 Å². The lowest BCUT2D eigenvalue weighted by atomic mass is 10.1. The maximum atomic E-state index is 5.96. The van der Waals surface area contributed by atoms with Crippen molar-refractivity contribution in [3.05, 3.63) is 35.4 Å². The summed E-state index contributed by atoms with van der Waals surface area (Å²) < 4.78 is 17.0. The number of guanidine groups is 1. The fourth-order valence-electron chi connectivity index (χ4n) is 3.56. The SMILES string of the molecule is CCNC(=NCc1cccc(COC)c1)N1CCOC(C2CCCO2)C1. The first-order valence-corrected chi connectivity index (χ1v) is 9.63. The summed E-state index contributed by atoms with van der Waals surface area (Å²) in [5.74, 6) is 0.955. The summed E-state index contributed by atoms with van der Waals surface area (Å²) in [6, 6.07) is 8.41. The molecule has 2 atom stereocenters. The van der Waals surface area contributed by atoms with E-state index in [4.69, 9.17) is 19.2 Å². The van der Waals surface area contributed by atoms with Crippen LogP contribution in [-0.4, -0.2) is 63.0 Å². The van der Waals surface area contributed by atoms with E-state index in [2.05, 4.69) is 41.4 Å². The number of methoxy groups -OCH3 is 1. The lowest BCUT2D eigenvalue weighted by molar-refractivity contribution is -0.0817.